The first-order chi connectivity index (χ1) is 12.0. The van der Waals surface area contributed by atoms with Gasteiger partial charge in [0.2, 0.25) is 5.91 Å². The smallest absolute Gasteiger partial charge is 0.328 e. The molecule has 0 radical (unpaired) electrons. The summed E-state index contributed by atoms with van der Waals surface area (Å²) in [6.07, 6.45) is 0.644. The van der Waals surface area contributed by atoms with E-state index in [1.54, 1.807) is 0 Å². The first-order valence-electron chi connectivity index (χ1n) is 7.84. The van der Waals surface area contributed by atoms with Crippen LogP contribution in [0, 0.1) is 11.6 Å². The van der Waals surface area contributed by atoms with Crippen molar-refractivity contribution in [1.29, 1.82) is 0 Å². The molecule has 0 aliphatic heterocycles. The molecule has 25 heavy (non-hydrogen) atoms. The van der Waals surface area contributed by atoms with E-state index < -0.39 is 29.6 Å². The minimum Gasteiger partial charge on any atom is -0.467 e. The van der Waals surface area contributed by atoms with Gasteiger partial charge in [0, 0.05) is 6.07 Å². The third-order valence-corrected chi connectivity index (χ3v) is 3.75. The number of carbonyl (C=O) groups excluding carboxylic acids is 2. The van der Waals surface area contributed by atoms with Gasteiger partial charge in [0.25, 0.3) is 0 Å². The Morgan fingerprint density at radius 2 is 1.84 bits per heavy atom. The maximum Gasteiger partial charge on any atom is 0.328 e. The van der Waals surface area contributed by atoms with Gasteiger partial charge in [-0.2, -0.15) is 0 Å². The number of rotatable bonds is 7. The van der Waals surface area contributed by atoms with E-state index in [1.165, 1.54) is 13.2 Å². The van der Waals surface area contributed by atoms with Crippen LogP contribution in [0.2, 0.25) is 0 Å². The summed E-state index contributed by atoms with van der Waals surface area (Å²) in [7, 11) is 1.24. The lowest BCUT2D eigenvalue weighted by atomic mass is 10.0. The predicted molar refractivity (Wildman–Crippen MR) is 88.8 cm³/mol. The maximum atomic E-state index is 13.6. The number of amides is 1. The largest absolute Gasteiger partial charge is 0.467 e. The Labute approximate surface area is 144 Å². The Morgan fingerprint density at radius 3 is 2.48 bits per heavy atom. The highest BCUT2D eigenvalue weighted by Crippen LogP contribution is 2.11. The predicted octanol–water partition coefficient (Wildman–Crippen LogP) is 2.80. The van der Waals surface area contributed by atoms with E-state index in [9.17, 15) is 18.4 Å². The van der Waals surface area contributed by atoms with Crippen LogP contribution < -0.4 is 5.32 Å². The summed E-state index contributed by atoms with van der Waals surface area (Å²) in [5, 5.41) is 2.55. The minimum atomic E-state index is -0.832. The second kappa shape index (κ2) is 8.92. The SMILES string of the molecule is COC(=O)[C@H](CCc1ccccc1)NC(=O)Cc1ccc(F)cc1F. The molecule has 1 amide bonds. The van der Waals surface area contributed by atoms with Gasteiger partial charge < -0.3 is 10.1 Å². The van der Waals surface area contributed by atoms with Crippen molar-refractivity contribution < 1.29 is 23.1 Å². The van der Waals surface area contributed by atoms with Gasteiger partial charge in [-0.05, 0) is 30.0 Å². The van der Waals surface area contributed by atoms with Gasteiger partial charge in [0.05, 0.1) is 13.5 Å². The zero-order chi connectivity index (χ0) is 18.2. The van der Waals surface area contributed by atoms with Crippen LogP contribution >= 0.6 is 0 Å². The van der Waals surface area contributed by atoms with Crippen LogP contribution in [-0.2, 0) is 27.2 Å². The van der Waals surface area contributed by atoms with Crippen LogP contribution in [0.4, 0.5) is 8.78 Å². The monoisotopic (exact) mass is 347 g/mol. The number of benzene rings is 2. The lowest BCUT2D eigenvalue weighted by Gasteiger charge is -2.16. The molecule has 0 saturated heterocycles. The van der Waals surface area contributed by atoms with Crippen molar-refractivity contribution in [1.82, 2.24) is 5.32 Å². The zero-order valence-electron chi connectivity index (χ0n) is 13.8. The van der Waals surface area contributed by atoms with E-state index in [-0.39, 0.29) is 12.0 Å². The van der Waals surface area contributed by atoms with Crippen molar-refractivity contribution in [2.75, 3.05) is 7.11 Å². The first-order valence-corrected chi connectivity index (χ1v) is 7.84. The average Bonchev–Trinajstić information content (AvgIpc) is 2.61. The Kier molecular flexibility index (Phi) is 6.62. The summed E-state index contributed by atoms with van der Waals surface area (Å²) in [5.41, 5.74) is 1.08. The fourth-order valence-electron chi connectivity index (χ4n) is 2.43. The van der Waals surface area contributed by atoms with E-state index in [0.29, 0.717) is 12.8 Å². The van der Waals surface area contributed by atoms with Crippen LogP contribution in [0.15, 0.2) is 48.5 Å². The van der Waals surface area contributed by atoms with Crippen LogP contribution in [-0.4, -0.2) is 25.0 Å². The number of methoxy groups -OCH3 is 1. The number of carbonyl (C=O) groups is 2. The van der Waals surface area contributed by atoms with Crippen LogP contribution in [0.3, 0.4) is 0 Å². The second-order valence-corrected chi connectivity index (χ2v) is 5.58. The van der Waals surface area contributed by atoms with E-state index in [1.807, 2.05) is 30.3 Å². The molecule has 0 fully saturated rings. The number of aryl methyl sites for hydroxylation is 1. The fraction of sp³-hybridized carbons (Fsp3) is 0.263. The highest BCUT2D eigenvalue weighted by atomic mass is 19.1. The molecule has 0 aliphatic carbocycles. The molecule has 0 aromatic heterocycles. The molecule has 2 aromatic rings. The Bertz CT molecular complexity index is 735. The molecule has 6 heteroatoms. The molecule has 2 rings (SSSR count). The normalized spacial score (nSPS) is 11.6. The first kappa shape index (κ1) is 18.6. The van der Waals surface area contributed by atoms with Crippen LogP contribution in [0.1, 0.15) is 17.5 Å². The molecule has 1 atom stereocenters. The molecular formula is C19H19F2NO3. The molecule has 1 N–H and O–H groups in total. The fourth-order valence-corrected chi connectivity index (χ4v) is 2.43. The maximum absolute atomic E-state index is 13.6. The summed E-state index contributed by atoms with van der Waals surface area (Å²) in [4.78, 5) is 24.0. The van der Waals surface area contributed by atoms with Gasteiger partial charge in [-0.3, -0.25) is 4.79 Å². The van der Waals surface area contributed by atoms with E-state index in [0.717, 1.165) is 17.7 Å². The standard InChI is InChI=1S/C19H19F2NO3/c1-25-19(24)17(10-7-13-5-3-2-4-6-13)22-18(23)11-14-8-9-15(20)12-16(14)21/h2-6,8-9,12,17H,7,10-11H2,1H3,(H,22,23)/t17-/m0/s1. The number of ether oxygens (including phenoxy) is 1. The van der Waals surface area contributed by atoms with Gasteiger partial charge >= 0.3 is 5.97 Å². The third kappa shape index (κ3) is 5.67. The van der Waals surface area contributed by atoms with Crippen molar-refractivity contribution in [3.8, 4) is 0 Å². The van der Waals surface area contributed by atoms with Crippen LogP contribution in [0.25, 0.3) is 0 Å². The Morgan fingerprint density at radius 1 is 1.12 bits per heavy atom. The van der Waals surface area contributed by atoms with Crippen molar-refractivity contribution in [3.63, 3.8) is 0 Å². The summed E-state index contributed by atoms with van der Waals surface area (Å²) < 4.78 is 31.3. The molecule has 4 nitrogen and oxygen atoms in total. The Balaban J connectivity index is 1.98. The van der Waals surface area contributed by atoms with Gasteiger partial charge in [-0.15, -0.1) is 0 Å². The number of nitrogens with one attached hydrogen (secondary N) is 1. The van der Waals surface area contributed by atoms with Crippen molar-refractivity contribution in [2.45, 2.75) is 25.3 Å². The third-order valence-electron chi connectivity index (χ3n) is 3.75. The highest BCUT2D eigenvalue weighted by Gasteiger charge is 2.22. The van der Waals surface area contributed by atoms with Crippen LogP contribution in [0.5, 0.6) is 0 Å². The lowest BCUT2D eigenvalue weighted by molar-refractivity contribution is -0.145. The Hall–Kier alpha value is -2.76. The molecule has 0 unspecified atom stereocenters. The van der Waals surface area contributed by atoms with Crippen molar-refractivity contribution in [2.24, 2.45) is 0 Å². The average molecular weight is 347 g/mol. The summed E-state index contributed by atoms with van der Waals surface area (Å²) in [6.45, 7) is 0. The lowest BCUT2D eigenvalue weighted by Crippen LogP contribution is -2.42. The van der Waals surface area contributed by atoms with Crippen molar-refractivity contribution in [3.05, 3.63) is 71.3 Å². The molecule has 0 saturated carbocycles. The highest BCUT2D eigenvalue weighted by molar-refractivity contribution is 5.85. The summed E-state index contributed by atoms with van der Waals surface area (Å²) in [5.74, 6) is -2.61. The molecule has 0 spiro atoms. The number of halogens is 2. The van der Waals surface area contributed by atoms with E-state index >= 15 is 0 Å². The van der Waals surface area contributed by atoms with Gasteiger partial charge in [0.1, 0.15) is 17.7 Å². The topological polar surface area (TPSA) is 55.4 Å². The van der Waals surface area contributed by atoms with Gasteiger partial charge in [0.15, 0.2) is 0 Å². The molecule has 2 aromatic carbocycles. The van der Waals surface area contributed by atoms with E-state index in [4.69, 9.17) is 4.74 Å². The number of hydrogen-bond acceptors (Lipinski definition) is 3. The number of esters is 1. The molecule has 0 heterocycles. The molecular weight excluding hydrogens is 328 g/mol. The zero-order valence-corrected chi connectivity index (χ0v) is 13.8. The molecule has 0 bridgehead atoms. The van der Waals surface area contributed by atoms with Gasteiger partial charge in [-0.25, -0.2) is 13.6 Å². The summed E-state index contributed by atoms with van der Waals surface area (Å²) >= 11 is 0. The van der Waals surface area contributed by atoms with Gasteiger partial charge in [-0.1, -0.05) is 36.4 Å². The number of hydrogen-bond donors (Lipinski definition) is 1. The second-order valence-electron chi connectivity index (χ2n) is 5.58. The molecule has 0 aliphatic rings. The van der Waals surface area contributed by atoms with Crippen molar-refractivity contribution >= 4 is 11.9 Å². The summed E-state index contributed by atoms with van der Waals surface area (Å²) in [6, 6.07) is 11.7. The quantitative estimate of drug-likeness (QED) is 0.784. The van der Waals surface area contributed by atoms with E-state index in [2.05, 4.69) is 5.32 Å². The minimum absolute atomic E-state index is 0.0607. The molecule has 132 valence electrons.